The van der Waals surface area contributed by atoms with Gasteiger partial charge in [0.15, 0.2) is 0 Å². The molecule has 0 radical (unpaired) electrons. The first kappa shape index (κ1) is 14.5. The number of benzene rings is 1. The van der Waals surface area contributed by atoms with Gasteiger partial charge in [-0.1, -0.05) is 31.5 Å². The van der Waals surface area contributed by atoms with E-state index in [-0.39, 0.29) is 5.91 Å². The van der Waals surface area contributed by atoms with Gasteiger partial charge in [-0.15, -0.1) is 0 Å². The van der Waals surface area contributed by atoms with E-state index < -0.39 is 0 Å². The normalized spacial score (nSPS) is 10.1. The molecule has 0 atom stereocenters. The van der Waals surface area contributed by atoms with Crippen molar-refractivity contribution in [3.63, 3.8) is 0 Å². The van der Waals surface area contributed by atoms with Crippen molar-refractivity contribution in [2.75, 3.05) is 26.2 Å². The molecule has 1 rings (SSSR count). The summed E-state index contributed by atoms with van der Waals surface area (Å²) >= 11 is 0. The zero-order chi connectivity index (χ0) is 13.1. The summed E-state index contributed by atoms with van der Waals surface area (Å²) in [7, 11) is 0. The number of hydrogen-bond donors (Lipinski definition) is 2. The van der Waals surface area contributed by atoms with E-state index in [1.54, 1.807) is 0 Å². The molecule has 0 aliphatic heterocycles. The van der Waals surface area contributed by atoms with E-state index in [1.807, 2.05) is 30.3 Å². The molecule has 0 spiro atoms. The number of carbonyl (C=O) groups excluding carboxylic acids is 1. The minimum atomic E-state index is 0.0446. The molecule has 4 nitrogen and oxygen atoms in total. The van der Waals surface area contributed by atoms with Crippen molar-refractivity contribution < 1.29 is 9.53 Å². The Morgan fingerprint density at radius 1 is 1.22 bits per heavy atom. The largest absolute Gasteiger partial charge is 0.492 e. The first-order valence-corrected chi connectivity index (χ1v) is 6.48. The third-order valence-electron chi connectivity index (χ3n) is 2.43. The molecule has 100 valence electrons. The highest BCUT2D eigenvalue weighted by Gasteiger charge is 1.98. The number of ether oxygens (including phenoxy) is 1. The summed E-state index contributed by atoms with van der Waals surface area (Å²) in [5.41, 5.74) is 0. The Bertz CT molecular complexity index is 328. The number of amides is 1. The Morgan fingerprint density at radius 2 is 2.00 bits per heavy atom. The Morgan fingerprint density at radius 3 is 2.72 bits per heavy atom. The summed E-state index contributed by atoms with van der Waals surface area (Å²) in [6, 6.07) is 9.65. The summed E-state index contributed by atoms with van der Waals surface area (Å²) in [5.74, 6) is 0.898. The topological polar surface area (TPSA) is 50.4 Å². The molecule has 0 aliphatic carbocycles. The molecule has 1 aromatic rings. The van der Waals surface area contributed by atoms with Gasteiger partial charge in [-0.25, -0.2) is 0 Å². The van der Waals surface area contributed by atoms with Crippen molar-refractivity contribution in [3.8, 4) is 5.75 Å². The second kappa shape index (κ2) is 9.48. The first-order chi connectivity index (χ1) is 8.83. The van der Waals surface area contributed by atoms with Crippen LogP contribution >= 0.6 is 0 Å². The van der Waals surface area contributed by atoms with Crippen LogP contribution in [0.15, 0.2) is 30.3 Å². The van der Waals surface area contributed by atoms with Crippen molar-refractivity contribution in [1.29, 1.82) is 0 Å². The molecule has 2 N–H and O–H groups in total. The monoisotopic (exact) mass is 250 g/mol. The molecule has 0 unspecified atom stereocenters. The van der Waals surface area contributed by atoms with Gasteiger partial charge in [0.1, 0.15) is 12.4 Å². The molecular formula is C14H22N2O2. The average molecular weight is 250 g/mol. The van der Waals surface area contributed by atoms with E-state index in [1.165, 1.54) is 0 Å². The molecule has 0 saturated carbocycles. The second-order valence-corrected chi connectivity index (χ2v) is 4.04. The molecule has 0 aromatic heterocycles. The van der Waals surface area contributed by atoms with Crippen LogP contribution in [0.5, 0.6) is 5.75 Å². The number of hydrogen-bond acceptors (Lipinski definition) is 3. The van der Waals surface area contributed by atoms with Gasteiger partial charge in [0, 0.05) is 13.1 Å². The summed E-state index contributed by atoms with van der Waals surface area (Å²) in [5, 5.41) is 5.90. The van der Waals surface area contributed by atoms with Gasteiger partial charge in [-0.3, -0.25) is 4.79 Å². The van der Waals surface area contributed by atoms with E-state index in [0.29, 0.717) is 19.7 Å². The van der Waals surface area contributed by atoms with E-state index in [2.05, 4.69) is 17.6 Å². The number of unbranched alkanes of at least 4 members (excludes halogenated alkanes) is 1. The summed E-state index contributed by atoms with van der Waals surface area (Å²) < 4.78 is 5.49. The van der Waals surface area contributed by atoms with E-state index >= 15 is 0 Å². The number of carbonyl (C=O) groups is 1. The molecule has 0 fully saturated rings. The zero-order valence-electron chi connectivity index (χ0n) is 10.9. The quantitative estimate of drug-likeness (QED) is 0.654. The molecule has 4 heteroatoms. The zero-order valence-corrected chi connectivity index (χ0v) is 10.9. The highest BCUT2D eigenvalue weighted by atomic mass is 16.5. The average Bonchev–Trinajstić information content (AvgIpc) is 2.40. The maximum Gasteiger partial charge on any atom is 0.233 e. The summed E-state index contributed by atoms with van der Waals surface area (Å²) in [4.78, 5) is 11.3. The smallest absolute Gasteiger partial charge is 0.233 e. The first-order valence-electron chi connectivity index (χ1n) is 6.48. The fourth-order valence-electron chi connectivity index (χ4n) is 1.43. The van der Waals surface area contributed by atoms with Crippen LogP contribution in [0.4, 0.5) is 0 Å². The van der Waals surface area contributed by atoms with E-state index in [4.69, 9.17) is 4.74 Å². The third-order valence-corrected chi connectivity index (χ3v) is 2.43. The second-order valence-electron chi connectivity index (χ2n) is 4.04. The fraction of sp³-hybridized carbons (Fsp3) is 0.500. The Kier molecular flexibility index (Phi) is 7.64. The van der Waals surface area contributed by atoms with Gasteiger partial charge in [-0.05, 0) is 18.6 Å². The molecule has 0 saturated heterocycles. The van der Waals surface area contributed by atoms with Crippen molar-refractivity contribution >= 4 is 5.91 Å². The molecule has 0 heterocycles. The lowest BCUT2D eigenvalue weighted by Crippen LogP contribution is -2.35. The summed E-state index contributed by atoms with van der Waals surface area (Å²) in [6.45, 7) is 4.44. The van der Waals surface area contributed by atoms with Gasteiger partial charge in [0.05, 0.1) is 6.54 Å². The minimum Gasteiger partial charge on any atom is -0.492 e. The maximum absolute atomic E-state index is 11.3. The van der Waals surface area contributed by atoms with Crippen molar-refractivity contribution in [2.24, 2.45) is 0 Å². The van der Waals surface area contributed by atoms with E-state index in [9.17, 15) is 4.79 Å². The van der Waals surface area contributed by atoms with Crippen LogP contribution in [0.3, 0.4) is 0 Å². The Hall–Kier alpha value is -1.55. The van der Waals surface area contributed by atoms with Crippen LogP contribution in [-0.4, -0.2) is 32.1 Å². The molecular weight excluding hydrogens is 228 g/mol. The lowest BCUT2D eigenvalue weighted by molar-refractivity contribution is -0.120. The summed E-state index contributed by atoms with van der Waals surface area (Å²) in [6.07, 6.45) is 2.13. The van der Waals surface area contributed by atoms with Crippen LogP contribution in [0.25, 0.3) is 0 Å². The molecule has 18 heavy (non-hydrogen) atoms. The minimum absolute atomic E-state index is 0.0446. The van der Waals surface area contributed by atoms with Gasteiger partial charge in [0.25, 0.3) is 0 Å². The molecule has 1 aromatic carbocycles. The van der Waals surface area contributed by atoms with E-state index in [0.717, 1.165) is 25.1 Å². The standard InChI is InChI=1S/C14H22N2O2/c1-2-3-9-16-14(17)12-15-10-11-18-13-7-5-4-6-8-13/h4-8,15H,2-3,9-12H2,1H3,(H,16,17). The third kappa shape index (κ3) is 6.91. The SMILES string of the molecule is CCCCNC(=O)CNCCOc1ccccc1. The van der Waals surface area contributed by atoms with Crippen molar-refractivity contribution in [3.05, 3.63) is 30.3 Å². The van der Waals surface area contributed by atoms with Gasteiger partial charge in [0.2, 0.25) is 5.91 Å². The number of nitrogens with one attached hydrogen (secondary N) is 2. The van der Waals surface area contributed by atoms with Crippen LogP contribution in [0.1, 0.15) is 19.8 Å². The van der Waals surface area contributed by atoms with Crippen LogP contribution in [0.2, 0.25) is 0 Å². The van der Waals surface area contributed by atoms with Crippen molar-refractivity contribution in [1.82, 2.24) is 10.6 Å². The predicted molar refractivity (Wildman–Crippen MR) is 72.7 cm³/mol. The molecule has 0 bridgehead atoms. The van der Waals surface area contributed by atoms with Crippen LogP contribution in [-0.2, 0) is 4.79 Å². The highest BCUT2D eigenvalue weighted by molar-refractivity contribution is 5.77. The maximum atomic E-state index is 11.3. The number of para-hydroxylation sites is 1. The lowest BCUT2D eigenvalue weighted by atomic mass is 10.3. The molecule has 0 aliphatic rings. The molecule has 1 amide bonds. The van der Waals surface area contributed by atoms with Crippen LogP contribution in [0, 0.1) is 0 Å². The fourth-order valence-corrected chi connectivity index (χ4v) is 1.43. The van der Waals surface area contributed by atoms with Gasteiger partial charge in [-0.2, -0.15) is 0 Å². The number of rotatable bonds is 9. The van der Waals surface area contributed by atoms with Gasteiger partial charge < -0.3 is 15.4 Å². The Balaban J connectivity index is 1.97. The van der Waals surface area contributed by atoms with Crippen molar-refractivity contribution in [2.45, 2.75) is 19.8 Å². The Labute approximate surface area is 109 Å². The predicted octanol–water partition coefficient (Wildman–Crippen LogP) is 1.57. The van der Waals surface area contributed by atoms with Gasteiger partial charge >= 0.3 is 0 Å². The lowest BCUT2D eigenvalue weighted by Gasteiger charge is -2.07. The van der Waals surface area contributed by atoms with Crippen LogP contribution < -0.4 is 15.4 Å². The highest BCUT2D eigenvalue weighted by Crippen LogP contribution is 2.07.